The van der Waals surface area contributed by atoms with E-state index in [4.69, 9.17) is 10.2 Å². The highest BCUT2D eigenvalue weighted by Gasteiger charge is 2.43. The molecule has 1 heterocycles. The van der Waals surface area contributed by atoms with E-state index in [2.05, 4.69) is 5.32 Å². The quantitative estimate of drug-likeness (QED) is 0.812. The van der Waals surface area contributed by atoms with Gasteiger partial charge in [0, 0.05) is 6.54 Å². The second-order valence-electron chi connectivity index (χ2n) is 4.55. The van der Waals surface area contributed by atoms with Gasteiger partial charge in [-0.1, -0.05) is 6.42 Å². The summed E-state index contributed by atoms with van der Waals surface area (Å²) in [6.07, 6.45) is 4.51. The number of nitrogens with one attached hydrogen (secondary N) is 1. The van der Waals surface area contributed by atoms with Gasteiger partial charge in [0.05, 0.1) is 17.7 Å². The number of amides is 1. The molecule has 0 aromatic carbocycles. The zero-order valence-corrected chi connectivity index (χ0v) is 9.53. The molecule has 0 spiro atoms. The Morgan fingerprint density at radius 2 is 2.44 bits per heavy atom. The van der Waals surface area contributed by atoms with E-state index in [1.54, 1.807) is 6.26 Å². The summed E-state index contributed by atoms with van der Waals surface area (Å²) in [7, 11) is 0. The molecule has 0 aliphatic heterocycles. The summed E-state index contributed by atoms with van der Waals surface area (Å²) in [4.78, 5) is 12.1. The number of hydrogen-bond acceptors (Lipinski definition) is 3. The molecule has 1 aliphatic rings. The van der Waals surface area contributed by atoms with Gasteiger partial charge in [-0.25, -0.2) is 0 Å². The zero-order valence-electron chi connectivity index (χ0n) is 9.53. The maximum absolute atomic E-state index is 12.1. The standard InChI is InChI=1S/C12H18N2O2/c1-9(10-4-2-7-16-10)14-11(15)12(8-13)5-3-6-12/h2,4,7,9H,3,5-6,8,13H2,1H3,(H,14,15)/t9-/m0/s1. The first-order valence-corrected chi connectivity index (χ1v) is 5.72. The van der Waals surface area contributed by atoms with Crippen LogP contribution in [0.2, 0.25) is 0 Å². The molecule has 3 N–H and O–H groups in total. The predicted octanol–water partition coefficient (Wildman–Crippen LogP) is 1.59. The number of hydrogen-bond donors (Lipinski definition) is 2. The Labute approximate surface area is 95.2 Å². The lowest BCUT2D eigenvalue weighted by atomic mass is 9.68. The number of carbonyl (C=O) groups excluding carboxylic acids is 1. The van der Waals surface area contributed by atoms with Crippen molar-refractivity contribution in [3.05, 3.63) is 24.2 Å². The van der Waals surface area contributed by atoms with Gasteiger partial charge in [0.2, 0.25) is 5.91 Å². The van der Waals surface area contributed by atoms with Crippen LogP contribution >= 0.6 is 0 Å². The zero-order chi connectivity index (χ0) is 11.6. The van der Waals surface area contributed by atoms with E-state index in [0.717, 1.165) is 25.0 Å². The lowest BCUT2D eigenvalue weighted by molar-refractivity contribution is -0.136. The summed E-state index contributed by atoms with van der Waals surface area (Å²) < 4.78 is 5.25. The minimum Gasteiger partial charge on any atom is -0.467 e. The average molecular weight is 222 g/mol. The Morgan fingerprint density at radius 1 is 1.69 bits per heavy atom. The van der Waals surface area contributed by atoms with Crippen molar-refractivity contribution in [2.45, 2.75) is 32.2 Å². The Balaban J connectivity index is 1.97. The Bertz CT molecular complexity index is 350. The first-order valence-electron chi connectivity index (χ1n) is 5.72. The molecule has 1 saturated carbocycles. The minimum absolute atomic E-state index is 0.0603. The van der Waals surface area contributed by atoms with Crippen LogP contribution in [0.5, 0.6) is 0 Å². The van der Waals surface area contributed by atoms with E-state index >= 15 is 0 Å². The topological polar surface area (TPSA) is 68.3 Å². The maximum atomic E-state index is 12.1. The number of rotatable bonds is 4. The van der Waals surface area contributed by atoms with Gasteiger partial charge in [0.15, 0.2) is 0 Å². The number of furan rings is 1. The van der Waals surface area contributed by atoms with Gasteiger partial charge in [-0.05, 0) is 31.9 Å². The van der Waals surface area contributed by atoms with Crippen LogP contribution in [-0.2, 0) is 4.79 Å². The second kappa shape index (κ2) is 4.29. The summed E-state index contributed by atoms with van der Waals surface area (Å²) in [5.41, 5.74) is 5.36. The van der Waals surface area contributed by atoms with E-state index in [9.17, 15) is 4.79 Å². The van der Waals surface area contributed by atoms with Crippen LogP contribution in [0.15, 0.2) is 22.8 Å². The largest absolute Gasteiger partial charge is 0.467 e. The summed E-state index contributed by atoms with van der Waals surface area (Å²) in [5, 5.41) is 2.96. The molecule has 0 radical (unpaired) electrons. The summed E-state index contributed by atoms with van der Waals surface area (Å²) >= 11 is 0. The molecule has 1 fully saturated rings. The highest BCUT2D eigenvalue weighted by atomic mass is 16.3. The van der Waals surface area contributed by atoms with Crippen LogP contribution in [0, 0.1) is 5.41 Å². The van der Waals surface area contributed by atoms with Crippen LogP contribution in [0.25, 0.3) is 0 Å². The van der Waals surface area contributed by atoms with Gasteiger partial charge in [-0.3, -0.25) is 4.79 Å². The van der Waals surface area contributed by atoms with Crippen molar-refractivity contribution in [2.24, 2.45) is 11.1 Å². The molecule has 0 saturated heterocycles. The molecular formula is C12H18N2O2. The fraction of sp³-hybridized carbons (Fsp3) is 0.583. The fourth-order valence-corrected chi connectivity index (χ4v) is 2.09. The monoisotopic (exact) mass is 222 g/mol. The molecule has 2 rings (SSSR count). The van der Waals surface area contributed by atoms with Crippen molar-refractivity contribution in [3.8, 4) is 0 Å². The van der Waals surface area contributed by atoms with Crippen molar-refractivity contribution in [1.29, 1.82) is 0 Å². The Hall–Kier alpha value is -1.29. The molecular weight excluding hydrogens is 204 g/mol. The van der Waals surface area contributed by atoms with E-state index in [1.807, 2.05) is 19.1 Å². The van der Waals surface area contributed by atoms with Gasteiger partial charge < -0.3 is 15.5 Å². The lowest BCUT2D eigenvalue weighted by Crippen LogP contribution is -2.50. The molecule has 1 amide bonds. The van der Waals surface area contributed by atoms with Gasteiger partial charge in [-0.2, -0.15) is 0 Å². The van der Waals surface area contributed by atoms with Crippen LogP contribution in [0.4, 0.5) is 0 Å². The van der Waals surface area contributed by atoms with E-state index < -0.39 is 0 Å². The molecule has 16 heavy (non-hydrogen) atoms. The third-order valence-corrected chi connectivity index (χ3v) is 3.50. The first-order chi connectivity index (χ1) is 7.68. The van der Waals surface area contributed by atoms with Crippen molar-refractivity contribution in [3.63, 3.8) is 0 Å². The molecule has 1 aromatic heterocycles. The number of nitrogens with two attached hydrogens (primary N) is 1. The van der Waals surface area contributed by atoms with Crippen LogP contribution in [-0.4, -0.2) is 12.5 Å². The normalized spacial score (nSPS) is 19.9. The molecule has 88 valence electrons. The highest BCUT2D eigenvalue weighted by Crippen LogP contribution is 2.40. The van der Waals surface area contributed by atoms with Crippen LogP contribution in [0.1, 0.15) is 38.0 Å². The predicted molar refractivity (Wildman–Crippen MR) is 60.6 cm³/mol. The number of carbonyl (C=O) groups is 1. The molecule has 4 nitrogen and oxygen atoms in total. The summed E-state index contributed by atoms with van der Waals surface area (Å²) in [5.74, 6) is 0.838. The van der Waals surface area contributed by atoms with Crippen molar-refractivity contribution < 1.29 is 9.21 Å². The molecule has 0 unspecified atom stereocenters. The van der Waals surface area contributed by atoms with E-state index in [1.165, 1.54) is 0 Å². The Kier molecular flexibility index (Phi) is 3.01. The van der Waals surface area contributed by atoms with Gasteiger partial charge in [0.25, 0.3) is 0 Å². The van der Waals surface area contributed by atoms with Crippen molar-refractivity contribution >= 4 is 5.91 Å². The molecule has 1 aromatic rings. The SMILES string of the molecule is C[C@H](NC(=O)C1(CN)CCC1)c1ccco1. The van der Waals surface area contributed by atoms with Crippen molar-refractivity contribution in [1.82, 2.24) is 5.32 Å². The summed E-state index contributed by atoms with van der Waals surface area (Å²) in [6.45, 7) is 2.35. The van der Waals surface area contributed by atoms with E-state index in [-0.39, 0.29) is 17.4 Å². The Morgan fingerprint density at radius 3 is 2.88 bits per heavy atom. The molecule has 4 heteroatoms. The molecule has 1 aliphatic carbocycles. The average Bonchev–Trinajstić information content (AvgIpc) is 2.69. The van der Waals surface area contributed by atoms with E-state index in [0.29, 0.717) is 6.54 Å². The van der Waals surface area contributed by atoms with Crippen LogP contribution < -0.4 is 11.1 Å². The second-order valence-corrected chi connectivity index (χ2v) is 4.55. The maximum Gasteiger partial charge on any atom is 0.228 e. The molecule has 0 bridgehead atoms. The van der Waals surface area contributed by atoms with Gasteiger partial charge in [0.1, 0.15) is 5.76 Å². The van der Waals surface area contributed by atoms with Gasteiger partial charge in [-0.15, -0.1) is 0 Å². The van der Waals surface area contributed by atoms with Crippen molar-refractivity contribution in [2.75, 3.05) is 6.54 Å². The highest BCUT2D eigenvalue weighted by molar-refractivity contribution is 5.84. The first kappa shape index (κ1) is 11.2. The smallest absolute Gasteiger partial charge is 0.228 e. The third-order valence-electron chi connectivity index (χ3n) is 3.50. The lowest BCUT2D eigenvalue weighted by Gasteiger charge is -2.39. The molecule has 1 atom stereocenters. The van der Waals surface area contributed by atoms with Gasteiger partial charge >= 0.3 is 0 Å². The van der Waals surface area contributed by atoms with Crippen LogP contribution in [0.3, 0.4) is 0 Å². The summed E-state index contributed by atoms with van der Waals surface area (Å²) in [6, 6.07) is 3.59. The third kappa shape index (κ3) is 1.85. The minimum atomic E-state index is -0.319. The fourth-order valence-electron chi connectivity index (χ4n) is 2.09.